The van der Waals surface area contributed by atoms with E-state index in [0.29, 0.717) is 16.4 Å². The highest BCUT2D eigenvalue weighted by molar-refractivity contribution is 7.15. The van der Waals surface area contributed by atoms with Crippen molar-refractivity contribution < 1.29 is 18.0 Å². The molecule has 1 atom stereocenters. The number of thiazole rings is 1. The first kappa shape index (κ1) is 20.9. The zero-order chi connectivity index (χ0) is 22.2. The standard InChI is InChI=1S/C21H18F3N5OS/c1-12(27-19(30)13-3-8-16-17(9-13)29(2)11-26-16)18-10-25-20(31-18)28-15-6-4-14(5-7-15)21(22,23)24/h3-12H,1-2H3,(H,25,28)(H,27,30). The first-order valence-electron chi connectivity index (χ1n) is 9.32. The maximum absolute atomic E-state index is 12.7. The van der Waals surface area contributed by atoms with Gasteiger partial charge in [-0.3, -0.25) is 4.79 Å². The third kappa shape index (κ3) is 4.53. The van der Waals surface area contributed by atoms with Crippen LogP contribution in [0.4, 0.5) is 24.0 Å². The summed E-state index contributed by atoms with van der Waals surface area (Å²) >= 11 is 1.32. The molecule has 0 fully saturated rings. The Morgan fingerprint density at radius 1 is 1.13 bits per heavy atom. The van der Waals surface area contributed by atoms with Gasteiger partial charge >= 0.3 is 6.18 Å². The minimum Gasteiger partial charge on any atom is -0.345 e. The van der Waals surface area contributed by atoms with Gasteiger partial charge in [-0.15, -0.1) is 0 Å². The summed E-state index contributed by atoms with van der Waals surface area (Å²) in [5.74, 6) is -0.221. The number of carbonyl (C=O) groups is 1. The van der Waals surface area contributed by atoms with E-state index in [1.54, 1.807) is 30.7 Å². The Morgan fingerprint density at radius 3 is 2.58 bits per heavy atom. The lowest BCUT2D eigenvalue weighted by Crippen LogP contribution is -2.26. The summed E-state index contributed by atoms with van der Waals surface area (Å²) in [6, 6.07) is 9.74. The van der Waals surface area contributed by atoms with Gasteiger partial charge in [-0.1, -0.05) is 11.3 Å². The van der Waals surface area contributed by atoms with Gasteiger partial charge in [0.1, 0.15) is 0 Å². The van der Waals surface area contributed by atoms with Crippen LogP contribution in [-0.4, -0.2) is 20.4 Å². The number of hydrogen-bond acceptors (Lipinski definition) is 5. The van der Waals surface area contributed by atoms with Gasteiger partial charge in [0, 0.05) is 29.4 Å². The lowest BCUT2D eigenvalue weighted by molar-refractivity contribution is -0.137. The van der Waals surface area contributed by atoms with Crippen molar-refractivity contribution in [2.45, 2.75) is 19.1 Å². The average Bonchev–Trinajstić information content (AvgIpc) is 3.34. The van der Waals surface area contributed by atoms with Gasteiger partial charge in [0.05, 0.1) is 29.0 Å². The number of nitrogens with one attached hydrogen (secondary N) is 2. The second-order valence-corrected chi connectivity index (χ2v) is 8.08. The van der Waals surface area contributed by atoms with Gasteiger partial charge in [-0.2, -0.15) is 13.2 Å². The van der Waals surface area contributed by atoms with Gasteiger partial charge in [0.25, 0.3) is 5.91 Å². The number of anilines is 2. The molecule has 0 saturated heterocycles. The fourth-order valence-corrected chi connectivity index (χ4v) is 3.87. The number of rotatable bonds is 5. The Morgan fingerprint density at radius 2 is 1.87 bits per heavy atom. The van der Waals surface area contributed by atoms with Crippen LogP contribution >= 0.6 is 11.3 Å². The molecule has 0 aliphatic heterocycles. The predicted molar refractivity (Wildman–Crippen MR) is 113 cm³/mol. The molecule has 0 radical (unpaired) electrons. The van der Waals surface area contributed by atoms with E-state index in [-0.39, 0.29) is 11.9 Å². The summed E-state index contributed by atoms with van der Waals surface area (Å²) in [6.45, 7) is 1.84. The number of aromatic nitrogens is 3. The van der Waals surface area contributed by atoms with Crippen LogP contribution in [0, 0.1) is 0 Å². The zero-order valence-corrected chi connectivity index (χ0v) is 17.4. The molecular formula is C21H18F3N5OS. The maximum atomic E-state index is 12.7. The number of imidazole rings is 1. The SMILES string of the molecule is CC(NC(=O)c1ccc2ncn(C)c2c1)c1cnc(Nc2ccc(C(F)(F)F)cc2)s1. The van der Waals surface area contributed by atoms with E-state index < -0.39 is 11.7 Å². The van der Waals surface area contributed by atoms with Gasteiger partial charge in [0.15, 0.2) is 5.13 Å². The lowest BCUT2D eigenvalue weighted by Gasteiger charge is -2.12. The van der Waals surface area contributed by atoms with Crippen molar-refractivity contribution in [3.63, 3.8) is 0 Å². The van der Waals surface area contributed by atoms with Crippen LogP contribution in [0.2, 0.25) is 0 Å². The highest BCUT2D eigenvalue weighted by Gasteiger charge is 2.30. The highest BCUT2D eigenvalue weighted by atomic mass is 32.1. The molecule has 0 aliphatic carbocycles. The number of amides is 1. The third-order valence-corrected chi connectivity index (χ3v) is 5.84. The van der Waals surface area contributed by atoms with Gasteiger partial charge in [-0.05, 0) is 49.4 Å². The van der Waals surface area contributed by atoms with Gasteiger partial charge < -0.3 is 15.2 Å². The van der Waals surface area contributed by atoms with E-state index in [2.05, 4.69) is 20.6 Å². The number of benzene rings is 2. The Kier molecular flexibility index (Phi) is 5.40. The number of carbonyl (C=O) groups excluding carboxylic acids is 1. The first-order valence-corrected chi connectivity index (χ1v) is 10.1. The fraction of sp³-hybridized carbons (Fsp3) is 0.190. The maximum Gasteiger partial charge on any atom is 0.416 e. The number of aryl methyl sites for hydroxylation is 1. The molecule has 10 heteroatoms. The van der Waals surface area contributed by atoms with Crippen LogP contribution in [-0.2, 0) is 13.2 Å². The molecule has 2 heterocycles. The second-order valence-electron chi connectivity index (χ2n) is 7.02. The minimum absolute atomic E-state index is 0.221. The Hall–Kier alpha value is -3.40. The molecule has 6 nitrogen and oxygen atoms in total. The van der Waals surface area contributed by atoms with Crippen LogP contribution in [0.3, 0.4) is 0 Å². The number of hydrogen-bond donors (Lipinski definition) is 2. The van der Waals surface area contributed by atoms with E-state index >= 15 is 0 Å². The van der Waals surface area contributed by atoms with Crippen molar-refractivity contribution in [1.82, 2.24) is 19.9 Å². The van der Waals surface area contributed by atoms with E-state index in [9.17, 15) is 18.0 Å². The Bertz CT molecular complexity index is 1230. The molecule has 2 N–H and O–H groups in total. The minimum atomic E-state index is -4.37. The van der Waals surface area contributed by atoms with Crippen molar-refractivity contribution in [2.24, 2.45) is 7.05 Å². The van der Waals surface area contributed by atoms with Crippen molar-refractivity contribution in [3.8, 4) is 0 Å². The topological polar surface area (TPSA) is 71.8 Å². The summed E-state index contributed by atoms with van der Waals surface area (Å²) in [5, 5.41) is 6.44. The van der Waals surface area contributed by atoms with E-state index in [0.717, 1.165) is 28.0 Å². The van der Waals surface area contributed by atoms with Crippen molar-refractivity contribution in [3.05, 3.63) is 71.0 Å². The molecule has 2 aromatic carbocycles. The molecule has 0 saturated carbocycles. The lowest BCUT2D eigenvalue weighted by atomic mass is 10.1. The second kappa shape index (κ2) is 8.03. The molecule has 160 valence electrons. The van der Waals surface area contributed by atoms with Crippen LogP contribution in [0.5, 0.6) is 0 Å². The molecule has 0 spiro atoms. The van der Waals surface area contributed by atoms with E-state index in [1.807, 2.05) is 18.5 Å². The number of nitrogens with zero attached hydrogens (tertiary/aromatic N) is 3. The quantitative estimate of drug-likeness (QED) is 0.438. The molecular weight excluding hydrogens is 427 g/mol. The Balaban J connectivity index is 1.42. The first-order chi connectivity index (χ1) is 14.7. The molecule has 31 heavy (non-hydrogen) atoms. The van der Waals surface area contributed by atoms with Crippen LogP contribution < -0.4 is 10.6 Å². The normalized spacial score (nSPS) is 12.7. The highest BCUT2D eigenvalue weighted by Crippen LogP contribution is 2.31. The van der Waals surface area contributed by atoms with Gasteiger partial charge in [0.2, 0.25) is 0 Å². The molecule has 0 aliphatic rings. The summed E-state index contributed by atoms with van der Waals surface area (Å²) in [6.07, 6.45) is -1.05. The summed E-state index contributed by atoms with van der Waals surface area (Å²) in [7, 11) is 1.86. The van der Waals surface area contributed by atoms with Crippen LogP contribution in [0.1, 0.15) is 33.8 Å². The molecule has 4 rings (SSSR count). The third-order valence-electron chi connectivity index (χ3n) is 4.75. The van der Waals surface area contributed by atoms with E-state index in [4.69, 9.17) is 0 Å². The molecule has 1 unspecified atom stereocenters. The zero-order valence-electron chi connectivity index (χ0n) is 16.6. The van der Waals surface area contributed by atoms with Crippen molar-refractivity contribution >= 4 is 39.1 Å². The smallest absolute Gasteiger partial charge is 0.345 e. The monoisotopic (exact) mass is 445 g/mol. The summed E-state index contributed by atoms with van der Waals surface area (Å²) in [5.41, 5.74) is 1.99. The van der Waals surface area contributed by atoms with Crippen LogP contribution in [0.25, 0.3) is 11.0 Å². The van der Waals surface area contributed by atoms with E-state index in [1.165, 1.54) is 23.5 Å². The molecule has 0 bridgehead atoms. The molecule has 4 aromatic rings. The average molecular weight is 445 g/mol. The number of fused-ring (bicyclic) bond motifs is 1. The fourth-order valence-electron chi connectivity index (χ4n) is 3.03. The Labute approximate surface area is 179 Å². The molecule has 1 amide bonds. The number of alkyl halides is 3. The summed E-state index contributed by atoms with van der Waals surface area (Å²) < 4.78 is 39.9. The van der Waals surface area contributed by atoms with Crippen molar-refractivity contribution in [1.29, 1.82) is 0 Å². The van der Waals surface area contributed by atoms with Crippen molar-refractivity contribution in [2.75, 3.05) is 5.32 Å². The predicted octanol–water partition coefficient (Wildman–Crippen LogP) is 5.28. The largest absolute Gasteiger partial charge is 0.416 e. The summed E-state index contributed by atoms with van der Waals surface area (Å²) in [4.78, 5) is 22.0. The van der Waals surface area contributed by atoms with Crippen LogP contribution in [0.15, 0.2) is 55.0 Å². The number of halogens is 3. The molecule has 2 aromatic heterocycles. The van der Waals surface area contributed by atoms with Gasteiger partial charge in [-0.25, -0.2) is 9.97 Å².